The summed E-state index contributed by atoms with van der Waals surface area (Å²) < 4.78 is 28.4. The molecule has 0 spiro atoms. The van der Waals surface area contributed by atoms with Crippen molar-refractivity contribution < 1.29 is 13.5 Å². The molecule has 3 nitrogen and oxygen atoms in total. The zero-order valence-electron chi connectivity index (χ0n) is 11.8. The van der Waals surface area contributed by atoms with Gasteiger partial charge in [-0.05, 0) is 43.6 Å². The van der Waals surface area contributed by atoms with Gasteiger partial charge in [-0.3, -0.25) is 4.90 Å². The molecule has 2 rings (SSSR count). The van der Waals surface area contributed by atoms with Gasteiger partial charge in [-0.25, -0.2) is 0 Å². The van der Waals surface area contributed by atoms with Gasteiger partial charge in [-0.2, -0.15) is 8.78 Å². The fourth-order valence-corrected chi connectivity index (χ4v) is 2.71. The summed E-state index contributed by atoms with van der Waals surface area (Å²) in [4.78, 5) is 2.49. The van der Waals surface area contributed by atoms with Crippen LogP contribution in [0, 0.1) is 0 Å². The van der Waals surface area contributed by atoms with Crippen LogP contribution in [0.2, 0.25) is 0 Å². The number of ether oxygens (including phenoxy) is 1. The maximum absolute atomic E-state index is 12.0. The van der Waals surface area contributed by atoms with Crippen molar-refractivity contribution >= 4 is 0 Å². The second kappa shape index (κ2) is 7.55. The molecule has 0 bridgehead atoms. The highest BCUT2D eigenvalue weighted by Crippen LogP contribution is 2.17. The number of nitrogens with zero attached hydrogens (tertiary/aromatic N) is 1. The van der Waals surface area contributed by atoms with Gasteiger partial charge >= 0.3 is 6.61 Å². The molecule has 112 valence electrons. The van der Waals surface area contributed by atoms with Crippen molar-refractivity contribution in [2.24, 2.45) is 0 Å². The van der Waals surface area contributed by atoms with Crippen LogP contribution in [0.25, 0.3) is 0 Å². The van der Waals surface area contributed by atoms with Gasteiger partial charge in [0, 0.05) is 19.1 Å². The lowest BCUT2D eigenvalue weighted by Gasteiger charge is -2.23. The first kappa shape index (κ1) is 15.2. The third-order valence-electron chi connectivity index (χ3n) is 3.76. The summed E-state index contributed by atoms with van der Waals surface area (Å²) in [5, 5.41) is 3.44. The fraction of sp³-hybridized carbons (Fsp3) is 0.600. The largest absolute Gasteiger partial charge is 0.435 e. The van der Waals surface area contributed by atoms with Crippen molar-refractivity contribution in [1.29, 1.82) is 0 Å². The first-order chi connectivity index (χ1) is 9.69. The predicted molar refractivity (Wildman–Crippen MR) is 75.0 cm³/mol. The zero-order valence-corrected chi connectivity index (χ0v) is 11.8. The minimum absolute atomic E-state index is 0.205. The van der Waals surface area contributed by atoms with Crippen molar-refractivity contribution in [3.63, 3.8) is 0 Å². The highest BCUT2D eigenvalue weighted by molar-refractivity contribution is 5.27. The van der Waals surface area contributed by atoms with Gasteiger partial charge in [0.2, 0.25) is 0 Å². The van der Waals surface area contributed by atoms with E-state index in [1.165, 1.54) is 19.4 Å². The van der Waals surface area contributed by atoms with Crippen LogP contribution in [0.15, 0.2) is 24.3 Å². The summed E-state index contributed by atoms with van der Waals surface area (Å²) in [6, 6.07) is 7.42. The minimum atomic E-state index is -2.76. The van der Waals surface area contributed by atoms with Gasteiger partial charge < -0.3 is 10.1 Å². The topological polar surface area (TPSA) is 24.5 Å². The average Bonchev–Trinajstić information content (AvgIpc) is 2.87. The Balaban J connectivity index is 1.74. The highest BCUT2D eigenvalue weighted by atomic mass is 19.3. The molecule has 20 heavy (non-hydrogen) atoms. The van der Waals surface area contributed by atoms with Crippen molar-refractivity contribution in [1.82, 2.24) is 10.2 Å². The summed E-state index contributed by atoms with van der Waals surface area (Å²) in [7, 11) is 0. The first-order valence-corrected chi connectivity index (χ1v) is 7.17. The van der Waals surface area contributed by atoms with Crippen LogP contribution in [0.5, 0.6) is 5.75 Å². The molecule has 1 heterocycles. The molecule has 1 N–H and O–H groups in total. The molecule has 1 saturated heterocycles. The molecule has 0 saturated carbocycles. The van der Waals surface area contributed by atoms with Gasteiger partial charge in [-0.15, -0.1) is 0 Å². The lowest BCUT2D eigenvalue weighted by atomic mass is 10.2. The second-order valence-electron chi connectivity index (χ2n) is 5.08. The highest BCUT2D eigenvalue weighted by Gasteiger charge is 2.21. The van der Waals surface area contributed by atoms with Crippen molar-refractivity contribution in [2.75, 3.05) is 19.6 Å². The van der Waals surface area contributed by atoms with E-state index in [0.29, 0.717) is 6.04 Å². The molecular formula is C15H22F2N2O. The molecule has 1 fully saturated rings. The van der Waals surface area contributed by atoms with E-state index in [1.54, 1.807) is 12.1 Å². The van der Waals surface area contributed by atoms with Crippen molar-refractivity contribution in [2.45, 2.75) is 39.0 Å². The van der Waals surface area contributed by atoms with E-state index in [9.17, 15) is 8.78 Å². The molecule has 1 atom stereocenters. The molecule has 1 aliphatic heterocycles. The third-order valence-corrected chi connectivity index (χ3v) is 3.76. The quantitative estimate of drug-likeness (QED) is 0.833. The molecular weight excluding hydrogens is 262 g/mol. The van der Waals surface area contributed by atoms with Gasteiger partial charge in [-0.1, -0.05) is 19.1 Å². The molecule has 1 aliphatic rings. The molecule has 1 aromatic carbocycles. The Morgan fingerprint density at radius 1 is 1.35 bits per heavy atom. The summed E-state index contributed by atoms with van der Waals surface area (Å²) in [5.41, 5.74) is 1.08. The maximum Gasteiger partial charge on any atom is 0.387 e. The van der Waals surface area contributed by atoms with E-state index in [2.05, 4.69) is 21.9 Å². The normalized spacial score (nSPS) is 19.7. The molecule has 0 amide bonds. The molecule has 0 aromatic heterocycles. The fourth-order valence-electron chi connectivity index (χ4n) is 2.71. The van der Waals surface area contributed by atoms with Crippen LogP contribution < -0.4 is 10.1 Å². The summed E-state index contributed by atoms with van der Waals surface area (Å²) in [6.07, 6.45) is 2.53. The number of halogens is 2. The number of likely N-dealkylation sites (N-methyl/N-ethyl adjacent to an activating group) is 1. The Morgan fingerprint density at radius 3 is 2.75 bits per heavy atom. The average molecular weight is 284 g/mol. The molecule has 1 unspecified atom stereocenters. The van der Waals surface area contributed by atoms with Gasteiger partial charge in [0.15, 0.2) is 0 Å². The first-order valence-electron chi connectivity index (χ1n) is 7.17. The summed E-state index contributed by atoms with van der Waals surface area (Å²) in [6.45, 7) is 3.46. The van der Waals surface area contributed by atoms with E-state index in [-0.39, 0.29) is 5.75 Å². The standard InChI is InChI=1S/C15H22F2N2O/c1-2-19-9-3-4-13(19)11-18-10-12-5-7-14(8-6-12)20-15(16)17/h5-8,13,15,18H,2-4,9-11H2,1H3. The minimum Gasteiger partial charge on any atom is -0.435 e. The van der Waals surface area contributed by atoms with Crippen LogP contribution in [-0.2, 0) is 6.54 Å². The second-order valence-corrected chi connectivity index (χ2v) is 5.08. The van der Waals surface area contributed by atoms with Crippen LogP contribution in [0.1, 0.15) is 25.3 Å². The Morgan fingerprint density at radius 2 is 2.10 bits per heavy atom. The summed E-state index contributed by atoms with van der Waals surface area (Å²) >= 11 is 0. The predicted octanol–water partition coefficient (Wildman–Crippen LogP) is 2.86. The molecule has 5 heteroatoms. The molecule has 0 aliphatic carbocycles. The van der Waals surface area contributed by atoms with E-state index in [1.807, 2.05) is 12.1 Å². The maximum atomic E-state index is 12.0. The lowest BCUT2D eigenvalue weighted by molar-refractivity contribution is -0.0498. The Hall–Kier alpha value is -1.20. The Kier molecular flexibility index (Phi) is 5.73. The van der Waals surface area contributed by atoms with Gasteiger partial charge in [0.1, 0.15) is 5.75 Å². The number of hydrogen-bond acceptors (Lipinski definition) is 3. The van der Waals surface area contributed by atoms with Crippen LogP contribution >= 0.6 is 0 Å². The summed E-state index contributed by atoms with van der Waals surface area (Å²) in [5.74, 6) is 0.205. The van der Waals surface area contributed by atoms with Crippen LogP contribution in [0.3, 0.4) is 0 Å². The number of rotatable bonds is 7. The van der Waals surface area contributed by atoms with Gasteiger partial charge in [0.25, 0.3) is 0 Å². The SMILES string of the molecule is CCN1CCCC1CNCc1ccc(OC(F)F)cc1. The van der Waals surface area contributed by atoms with E-state index >= 15 is 0 Å². The third kappa shape index (κ3) is 4.42. The smallest absolute Gasteiger partial charge is 0.387 e. The van der Waals surface area contributed by atoms with Crippen LogP contribution in [0.4, 0.5) is 8.78 Å². The van der Waals surface area contributed by atoms with E-state index in [4.69, 9.17) is 0 Å². The Labute approximate surface area is 118 Å². The number of alkyl halides is 2. The monoisotopic (exact) mass is 284 g/mol. The number of nitrogens with one attached hydrogen (secondary N) is 1. The van der Waals surface area contributed by atoms with Gasteiger partial charge in [0.05, 0.1) is 0 Å². The number of benzene rings is 1. The van der Waals surface area contributed by atoms with E-state index < -0.39 is 6.61 Å². The van der Waals surface area contributed by atoms with E-state index in [0.717, 1.165) is 25.2 Å². The van der Waals surface area contributed by atoms with Crippen molar-refractivity contribution in [3.05, 3.63) is 29.8 Å². The van der Waals surface area contributed by atoms with Crippen molar-refractivity contribution in [3.8, 4) is 5.75 Å². The number of hydrogen-bond donors (Lipinski definition) is 1. The Bertz CT molecular complexity index is 397. The number of likely N-dealkylation sites (tertiary alicyclic amines) is 1. The molecule has 0 radical (unpaired) electrons. The van der Waals surface area contributed by atoms with Crippen LogP contribution in [-0.4, -0.2) is 37.2 Å². The lowest BCUT2D eigenvalue weighted by Crippen LogP contribution is -2.37. The molecule has 1 aromatic rings. The zero-order chi connectivity index (χ0) is 14.4.